The molecular formula is C14H13ClN6OS2. The van der Waals surface area contributed by atoms with Crippen molar-refractivity contribution < 1.29 is 4.79 Å². The summed E-state index contributed by atoms with van der Waals surface area (Å²) < 4.78 is 1.96. The van der Waals surface area contributed by atoms with E-state index in [-0.39, 0.29) is 11.7 Å². The monoisotopic (exact) mass is 380 g/mol. The lowest BCUT2D eigenvalue weighted by atomic mass is 10.2. The second-order valence-electron chi connectivity index (χ2n) is 4.64. The van der Waals surface area contributed by atoms with Crippen molar-refractivity contribution in [3.8, 4) is 11.4 Å². The average Bonchev–Trinajstić information content (AvgIpc) is 3.22. The van der Waals surface area contributed by atoms with E-state index < -0.39 is 0 Å². The van der Waals surface area contributed by atoms with Gasteiger partial charge in [-0.05, 0) is 31.2 Å². The minimum Gasteiger partial charge on any atom is -0.302 e. The summed E-state index contributed by atoms with van der Waals surface area (Å²) in [7, 11) is 0. The Balaban J connectivity index is 1.70. The summed E-state index contributed by atoms with van der Waals surface area (Å²) in [6.07, 6.45) is 0. The Kier molecular flexibility index (Phi) is 5.44. The maximum atomic E-state index is 11.9. The molecule has 0 aliphatic carbocycles. The first-order valence-electron chi connectivity index (χ1n) is 7.05. The number of aromatic nitrogens is 5. The Morgan fingerprint density at radius 2 is 2.08 bits per heavy atom. The van der Waals surface area contributed by atoms with Crippen molar-refractivity contribution in [2.75, 3.05) is 11.1 Å². The van der Waals surface area contributed by atoms with Crippen LogP contribution >= 0.6 is 34.7 Å². The van der Waals surface area contributed by atoms with Crippen molar-refractivity contribution >= 4 is 45.7 Å². The Labute approximate surface area is 151 Å². The Bertz CT molecular complexity index is 818. The summed E-state index contributed by atoms with van der Waals surface area (Å²) in [5.41, 5.74) is 2.49. The predicted octanol–water partition coefficient (Wildman–Crippen LogP) is 3.20. The molecule has 0 aliphatic heterocycles. The summed E-state index contributed by atoms with van der Waals surface area (Å²) in [6.45, 7) is 2.71. The second kappa shape index (κ2) is 7.73. The minimum absolute atomic E-state index is 0.157. The fourth-order valence-electron chi connectivity index (χ4n) is 2.01. The van der Waals surface area contributed by atoms with Crippen LogP contribution in [0.15, 0.2) is 34.9 Å². The smallest absolute Gasteiger partial charge is 0.236 e. The van der Waals surface area contributed by atoms with Crippen LogP contribution < -0.4 is 5.32 Å². The molecule has 0 saturated carbocycles. The van der Waals surface area contributed by atoms with Crippen LogP contribution in [0.25, 0.3) is 11.4 Å². The zero-order valence-electron chi connectivity index (χ0n) is 12.6. The lowest BCUT2D eigenvalue weighted by molar-refractivity contribution is -0.113. The molecule has 2 heterocycles. The molecule has 0 aliphatic rings. The van der Waals surface area contributed by atoms with Gasteiger partial charge in [0.2, 0.25) is 11.0 Å². The molecule has 0 radical (unpaired) electrons. The van der Waals surface area contributed by atoms with Crippen LogP contribution in [0.3, 0.4) is 0 Å². The highest BCUT2D eigenvalue weighted by Gasteiger charge is 2.15. The van der Waals surface area contributed by atoms with Crippen molar-refractivity contribution in [1.82, 2.24) is 25.0 Å². The van der Waals surface area contributed by atoms with Crippen molar-refractivity contribution in [2.45, 2.75) is 18.6 Å². The van der Waals surface area contributed by atoms with Crippen LogP contribution in [0.1, 0.15) is 6.92 Å². The van der Waals surface area contributed by atoms with Crippen LogP contribution in [-0.4, -0.2) is 36.6 Å². The third-order valence-electron chi connectivity index (χ3n) is 3.07. The van der Waals surface area contributed by atoms with E-state index in [1.165, 1.54) is 23.1 Å². The third kappa shape index (κ3) is 3.92. The Hall–Kier alpha value is -1.97. The van der Waals surface area contributed by atoms with Gasteiger partial charge in [0.15, 0.2) is 11.0 Å². The number of benzene rings is 1. The van der Waals surface area contributed by atoms with Gasteiger partial charge in [-0.1, -0.05) is 34.7 Å². The number of hydrogen-bond donors (Lipinski definition) is 1. The Morgan fingerprint density at radius 1 is 1.29 bits per heavy atom. The van der Waals surface area contributed by atoms with E-state index in [1.807, 2.05) is 35.8 Å². The molecule has 0 fully saturated rings. The zero-order valence-corrected chi connectivity index (χ0v) is 15.0. The fraction of sp³-hybridized carbons (Fsp3) is 0.214. The van der Waals surface area contributed by atoms with Gasteiger partial charge in [-0.25, -0.2) is 0 Å². The van der Waals surface area contributed by atoms with Gasteiger partial charge in [-0.15, -0.1) is 20.4 Å². The first-order chi connectivity index (χ1) is 11.7. The fourth-order valence-corrected chi connectivity index (χ4v) is 3.40. The molecule has 0 atom stereocenters. The molecule has 1 N–H and O–H groups in total. The van der Waals surface area contributed by atoms with Gasteiger partial charge in [0, 0.05) is 17.1 Å². The SMILES string of the molecule is CCn1c(SCC(=O)Nc2nncs2)nnc1-c1ccc(Cl)cc1. The van der Waals surface area contributed by atoms with Gasteiger partial charge in [-0.2, -0.15) is 0 Å². The number of carbonyl (C=O) groups is 1. The molecule has 124 valence electrons. The average molecular weight is 381 g/mol. The highest BCUT2D eigenvalue weighted by molar-refractivity contribution is 7.99. The molecule has 0 spiro atoms. The summed E-state index contributed by atoms with van der Waals surface area (Å²) in [4.78, 5) is 11.9. The molecule has 1 amide bonds. The number of thioether (sulfide) groups is 1. The number of nitrogens with zero attached hydrogens (tertiary/aromatic N) is 5. The molecule has 0 unspecified atom stereocenters. The van der Waals surface area contributed by atoms with Crippen molar-refractivity contribution in [3.05, 3.63) is 34.8 Å². The highest BCUT2D eigenvalue weighted by atomic mass is 35.5. The van der Waals surface area contributed by atoms with E-state index in [1.54, 1.807) is 5.51 Å². The van der Waals surface area contributed by atoms with Crippen molar-refractivity contribution in [3.63, 3.8) is 0 Å². The summed E-state index contributed by atoms with van der Waals surface area (Å²) >= 11 is 8.52. The normalized spacial score (nSPS) is 10.8. The first kappa shape index (κ1) is 16.9. The number of anilines is 1. The van der Waals surface area contributed by atoms with Crippen molar-refractivity contribution in [2.24, 2.45) is 0 Å². The zero-order chi connectivity index (χ0) is 16.9. The molecule has 24 heavy (non-hydrogen) atoms. The first-order valence-corrected chi connectivity index (χ1v) is 9.29. The summed E-state index contributed by atoms with van der Waals surface area (Å²) in [5.74, 6) is 0.815. The number of amides is 1. The van der Waals surface area contributed by atoms with E-state index >= 15 is 0 Å². The van der Waals surface area contributed by atoms with E-state index in [0.29, 0.717) is 21.9 Å². The van der Waals surface area contributed by atoms with Crippen LogP contribution in [0, 0.1) is 0 Å². The highest BCUT2D eigenvalue weighted by Crippen LogP contribution is 2.25. The quantitative estimate of drug-likeness (QED) is 0.661. The molecule has 3 rings (SSSR count). The van der Waals surface area contributed by atoms with E-state index in [2.05, 4.69) is 25.7 Å². The number of carbonyl (C=O) groups excluding carboxylic acids is 1. The molecule has 0 saturated heterocycles. The number of halogens is 1. The van der Waals surface area contributed by atoms with Gasteiger partial charge in [-0.3, -0.25) is 10.1 Å². The van der Waals surface area contributed by atoms with E-state index in [4.69, 9.17) is 11.6 Å². The van der Waals surface area contributed by atoms with Gasteiger partial charge in [0.25, 0.3) is 0 Å². The molecular weight excluding hydrogens is 368 g/mol. The third-order valence-corrected chi connectivity index (χ3v) is 4.90. The second-order valence-corrected chi connectivity index (χ2v) is 6.85. The molecule has 2 aromatic heterocycles. The molecule has 10 heteroatoms. The maximum absolute atomic E-state index is 11.9. The lowest BCUT2D eigenvalue weighted by Gasteiger charge is -2.07. The largest absolute Gasteiger partial charge is 0.302 e. The minimum atomic E-state index is -0.157. The molecule has 3 aromatic rings. The Morgan fingerprint density at radius 3 is 2.75 bits per heavy atom. The predicted molar refractivity (Wildman–Crippen MR) is 95.4 cm³/mol. The van der Waals surface area contributed by atoms with E-state index in [0.717, 1.165) is 11.4 Å². The lowest BCUT2D eigenvalue weighted by Crippen LogP contribution is -2.14. The maximum Gasteiger partial charge on any atom is 0.236 e. The van der Waals surface area contributed by atoms with Crippen LogP contribution in [-0.2, 0) is 11.3 Å². The van der Waals surface area contributed by atoms with Crippen LogP contribution in [0.2, 0.25) is 5.02 Å². The van der Waals surface area contributed by atoms with Gasteiger partial charge in [0.1, 0.15) is 5.51 Å². The van der Waals surface area contributed by atoms with Crippen molar-refractivity contribution in [1.29, 1.82) is 0 Å². The van der Waals surface area contributed by atoms with Crippen LogP contribution in [0.4, 0.5) is 5.13 Å². The number of nitrogens with one attached hydrogen (secondary N) is 1. The molecule has 1 aromatic carbocycles. The molecule has 0 bridgehead atoms. The van der Waals surface area contributed by atoms with Gasteiger partial charge < -0.3 is 4.57 Å². The van der Waals surface area contributed by atoms with Crippen LogP contribution in [0.5, 0.6) is 0 Å². The van der Waals surface area contributed by atoms with E-state index in [9.17, 15) is 4.79 Å². The molecule has 7 nitrogen and oxygen atoms in total. The van der Waals surface area contributed by atoms with Gasteiger partial charge >= 0.3 is 0 Å². The summed E-state index contributed by atoms with van der Waals surface area (Å²) in [5, 5.41) is 20.4. The number of rotatable bonds is 6. The topological polar surface area (TPSA) is 85.6 Å². The summed E-state index contributed by atoms with van der Waals surface area (Å²) in [6, 6.07) is 7.42. The van der Waals surface area contributed by atoms with Gasteiger partial charge in [0.05, 0.1) is 5.75 Å². The standard InChI is InChI=1S/C14H13ClN6OS2/c1-2-21-12(9-3-5-10(15)6-4-9)18-20-14(21)23-7-11(22)17-13-19-16-8-24-13/h3-6,8H,2,7H2,1H3,(H,17,19,22). The number of hydrogen-bond acceptors (Lipinski definition) is 7.